The van der Waals surface area contributed by atoms with Gasteiger partial charge in [-0.15, -0.1) is 0 Å². The predicted molar refractivity (Wildman–Crippen MR) is 151 cm³/mol. The molecule has 0 bridgehead atoms. The Labute approximate surface area is 227 Å². The number of nitrogens with one attached hydrogen (secondary N) is 1. The number of carbonyl (C=O) groups excluding carboxylic acids is 1. The summed E-state index contributed by atoms with van der Waals surface area (Å²) in [5.41, 5.74) is 4.63. The van der Waals surface area contributed by atoms with Crippen LogP contribution >= 0.6 is 24.0 Å². The Hall–Kier alpha value is -4.28. The highest BCUT2D eigenvalue weighted by molar-refractivity contribution is 8.26. The zero-order valence-electron chi connectivity index (χ0n) is 20.1. The molecular weight excluding hydrogens is 522 g/mol. The van der Waals surface area contributed by atoms with E-state index >= 15 is 0 Å². The highest BCUT2D eigenvalue weighted by atomic mass is 32.2. The van der Waals surface area contributed by atoms with E-state index < -0.39 is 5.97 Å². The summed E-state index contributed by atoms with van der Waals surface area (Å²) in [5.74, 6) is -0.486. The Morgan fingerprint density at radius 2 is 1.92 bits per heavy atom. The number of thiocarbonyl (C=S) groups is 1. The van der Waals surface area contributed by atoms with Gasteiger partial charge >= 0.3 is 5.97 Å². The van der Waals surface area contributed by atoms with Crippen LogP contribution in [0.5, 0.6) is 5.75 Å². The number of H-pyrrole nitrogens is 1. The zero-order chi connectivity index (χ0) is 26.8. The molecule has 0 unspecified atom stereocenters. The van der Waals surface area contributed by atoms with Crippen LogP contribution in [0.2, 0.25) is 0 Å². The standard InChI is InChI=1S/C28H21N3O5S2/c1-36-23-9-4-17(12-20(23)19-7-8-21-22(14-19)29-15-25(32)30-21)13-24-26(33)31(28(37)38-24)11-10-16-2-5-18(6-3-16)27(34)35/h2-9,12-15H,10-11H2,1H3,(H,30,32)(H,34,35). The first kappa shape index (κ1) is 25.4. The second-order valence-corrected chi connectivity index (χ2v) is 10.2. The van der Waals surface area contributed by atoms with Crippen LogP contribution < -0.4 is 10.3 Å². The Bertz CT molecular complexity index is 1680. The van der Waals surface area contributed by atoms with Crippen LogP contribution in [-0.2, 0) is 11.2 Å². The number of thioether (sulfide) groups is 1. The first-order valence-electron chi connectivity index (χ1n) is 11.6. The normalized spacial score (nSPS) is 14.4. The van der Waals surface area contributed by atoms with Gasteiger partial charge in [0.05, 0.1) is 34.8 Å². The van der Waals surface area contributed by atoms with Gasteiger partial charge in [0.25, 0.3) is 11.5 Å². The van der Waals surface area contributed by atoms with Crippen LogP contribution in [0.15, 0.2) is 76.6 Å². The number of aromatic nitrogens is 2. The van der Waals surface area contributed by atoms with Crippen molar-refractivity contribution in [3.63, 3.8) is 0 Å². The van der Waals surface area contributed by atoms with Gasteiger partial charge in [-0.25, -0.2) is 9.78 Å². The number of hydrogen-bond donors (Lipinski definition) is 2. The number of amides is 1. The van der Waals surface area contributed by atoms with Gasteiger partial charge in [0.2, 0.25) is 0 Å². The zero-order valence-corrected chi connectivity index (χ0v) is 21.8. The van der Waals surface area contributed by atoms with Crippen molar-refractivity contribution < 1.29 is 19.4 Å². The van der Waals surface area contributed by atoms with Gasteiger partial charge < -0.3 is 14.8 Å². The van der Waals surface area contributed by atoms with Crippen LogP contribution in [0.3, 0.4) is 0 Å². The Balaban J connectivity index is 1.37. The number of nitrogens with zero attached hydrogens (tertiary/aromatic N) is 2. The Morgan fingerprint density at radius 3 is 2.66 bits per heavy atom. The molecule has 8 nitrogen and oxygen atoms in total. The summed E-state index contributed by atoms with van der Waals surface area (Å²) < 4.78 is 6.05. The van der Waals surface area contributed by atoms with Crippen molar-refractivity contribution in [2.45, 2.75) is 6.42 Å². The summed E-state index contributed by atoms with van der Waals surface area (Å²) in [7, 11) is 1.59. The van der Waals surface area contributed by atoms with Gasteiger partial charge in [-0.3, -0.25) is 14.5 Å². The quantitative estimate of drug-likeness (QED) is 0.254. The predicted octanol–water partition coefficient (Wildman–Crippen LogP) is 4.74. The third-order valence-electron chi connectivity index (χ3n) is 6.11. The molecule has 2 heterocycles. The molecule has 0 radical (unpaired) electrons. The van der Waals surface area contributed by atoms with Gasteiger partial charge in [-0.1, -0.05) is 48.2 Å². The highest BCUT2D eigenvalue weighted by Gasteiger charge is 2.31. The summed E-state index contributed by atoms with van der Waals surface area (Å²) >= 11 is 6.72. The number of hydrogen-bond acceptors (Lipinski definition) is 7. The first-order chi connectivity index (χ1) is 18.3. The first-order valence-corrected chi connectivity index (χ1v) is 12.8. The molecule has 1 saturated heterocycles. The van der Waals surface area contributed by atoms with Crippen LogP contribution in [0, 0.1) is 0 Å². The minimum atomic E-state index is -0.978. The summed E-state index contributed by atoms with van der Waals surface area (Å²) in [5, 5.41) is 9.06. The lowest BCUT2D eigenvalue weighted by Crippen LogP contribution is -2.30. The fourth-order valence-corrected chi connectivity index (χ4v) is 5.45. The number of aromatic carboxylic acids is 1. The second kappa shape index (κ2) is 10.6. The molecule has 10 heteroatoms. The molecule has 38 heavy (non-hydrogen) atoms. The largest absolute Gasteiger partial charge is 0.496 e. The second-order valence-electron chi connectivity index (χ2n) is 8.52. The number of fused-ring (bicyclic) bond motifs is 1. The average Bonchev–Trinajstić information content (AvgIpc) is 3.18. The van der Waals surface area contributed by atoms with Crippen molar-refractivity contribution in [2.75, 3.05) is 13.7 Å². The highest BCUT2D eigenvalue weighted by Crippen LogP contribution is 2.36. The molecule has 1 aromatic heterocycles. The summed E-state index contributed by atoms with van der Waals surface area (Å²) in [6.07, 6.45) is 3.60. The molecule has 0 saturated carbocycles. The van der Waals surface area contributed by atoms with Crippen molar-refractivity contribution in [1.82, 2.24) is 14.9 Å². The van der Waals surface area contributed by atoms with Gasteiger partial charge in [0.15, 0.2) is 0 Å². The molecule has 190 valence electrons. The maximum atomic E-state index is 13.1. The van der Waals surface area contributed by atoms with Gasteiger partial charge in [-0.2, -0.15) is 0 Å². The van der Waals surface area contributed by atoms with E-state index in [4.69, 9.17) is 22.1 Å². The summed E-state index contributed by atoms with van der Waals surface area (Å²) in [6, 6.07) is 17.8. The third kappa shape index (κ3) is 5.22. The third-order valence-corrected chi connectivity index (χ3v) is 7.49. The average molecular weight is 544 g/mol. The van der Waals surface area contributed by atoms with Crippen LogP contribution in [0.4, 0.5) is 0 Å². The molecule has 3 aromatic carbocycles. The van der Waals surface area contributed by atoms with E-state index in [0.29, 0.717) is 39.0 Å². The number of methoxy groups -OCH3 is 1. The molecule has 4 aromatic rings. The molecule has 2 N–H and O–H groups in total. The maximum Gasteiger partial charge on any atom is 0.335 e. The van der Waals surface area contributed by atoms with E-state index in [-0.39, 0.29) is 17.0 Å². The number of benzene rings is 3. The molecule has 5 rings (SSSR count). The van der Waals surface area contributed by atoms with Gasteiger partial charge in [0, 0.05) is 12.1 Å². The molecule has 0 atom stereocenters. The maximum absolute atomic E-state index is 13.1. The number of rotatable bonds is 7. The van der Waals surface area contributed by atoms with Crippen molar-refractivity contribution >= 4 is 57.3 Å². The van der Waals surface area contributed by atoms with Crippen LogP contribution in [-0.4, -0.2) is 49.8 Å². The van der Waals surface area contributed by atoms with Crippen molar-refractivity contribution in [2.24, 2.45) is 0 Å². The minimum absolute atomic E-state index is 0.168. The summed E-state index contributed by atoms with van der Waals surface area (Å²) in [4.78, 5) is 44.8. The van der Waals surface area contributed by atoms with Gasteiger partial charge in [-0.05, 0) is 65.6 Å². The topological polar surface area (TPSA) is 113 Å². The van der Waals surface area contributed by atoms with E-state index in [2.05, 4.69) is 9.97 Å². The number of carboxylic acids is 1. The van der Waals surface area contributed by atoms with E-state index in [1.54, 1.807) is 48.4 Å². The fourth-order valence-electron chi connectivity index (χ4n) is 4.14. The van der Waals surface area contributed by atoms with E-state index in [1.807, 2.05) is 30.3 Å². The SMILES string of the molecule is COc1ccc(C=C2SC(=S)N(CCc3ccc(C(=O)O)cc3)C2=O)cc1-c1ccc2[nH]c(=O)cnc2c1. The number of aromatic amines is 1. The van der Waals surface area contributed by atoms with E-state index in [9.17, 15) is 14.4 Å². The monoisotopic (exact) mass is 543 g/mol. The van der Waals surface area contributed by atoms with Crippen molar-refractivity contribution in [3.8, 4) is 16.9 Å². The van der Waals surface area contributed by atoms with Gasteiger partial charge in [0.1, 0.15) is 10.1 Å². The number of carboxylic acid groups (broad SMARTS) is 1. The summed E-state index contributed by atoms with van der Waals surface area (Å²) in [6.45, 7) is 0.397. The molecule has 0 aliphatic carbocycles. The van der Waals surface area contributed by atoms with E-state index in [0.717, 1.165) is 22.3 Å². The van der Waals surface area contributed by atoms with Crippen molar-refractivity contribution in [1.29, 1.82) is 0 Å². The lowest BCUT2D eigenvalue weighted by atomic mass is 10.0. The number of carbonyl (C=O) groups is 2. The lowest BCUT2D eigenvalue weighted by molar-refractivity contribution is -0.122. The smallest absolute Gasteiger partial charge is 0.335 e. The Morgan fingerprint density at radius 1 is 1.13 bits per heavy atom. The molecule has 0 spiro atoms. The Kier molecular flexibility index (Phi) is 7.08. The van der Waals surface area contributed by atoms with Crippen LogP contribution in [0.1, 0.15) is 21.5 Å². The fraction of sp³-hybridized carbons (Fsp3) is 0.107. The lowest BCUT2D eigenvalue weighted by Gasteiger charge is -2.14. The molecule has 1 amide bonds. The van der Waals surface area contributed by atoms with Crippen LogP contribution in [0.25, 0.3) is 28.2 Å². The van der Waals surface area contributed by atoms with E-state index in [1.165, 1.54) is 18.0 Å². The molecular formula is C28H21N3O5S2. The number of ether oxygens (including phenoxy) is 1. The molecule has 1 aliphatic rings. The van der Waals surface area contributed by atoms with Crippen molar-refractivity contribution in [3.05, 3.63) is 98.8 Å². The molecule has 1 fully saturated rings. The molecule has 1 aliphatic heterocycles. The minimum Gasteiger partial charge on any atom is -0.496 e.